The fourth-order valence-electron chi connectivity index (χ4n) is 1.01. The molecule has 0 fully saturated rings. The molecule has 12 heavy (non-hydrogen) atoms. The van der Waals surface area contributed by atoms with Crippen LogP contribution in [0.15, 0.2) is 12.1 Å². The topological polar surface area (TPSA) is 37.3 Å². The lowest BCUT2D eigenvalue weighted by Crippen LogP contribution is -1.94. The summed E-state index contributed by atoms with van der Waals surface area (Å²) in [4.78, 5) is 11.0. The Kier molecular flexibility index (Phi) is 2.38. The predicted molar refractivity (Wildman–Crippen MR) is 47.9 cm³/mol. The number of carbonyl (C=O) groups excluding carboxylic acids is 1. The van der Waals surface area contributed by atoms with Crippen molar-refractivity contribution in [1.29, 1.82) is 0 Å². The smallest absolute Gasteiger partial charge is 0.161 e. The van der Waals surface area contributed by atoms with Gasteiger partial charge in [-0.1, -0.05) is 11.6 Å². The van der Waals surface area contributed by atoms with Gasteiger partial charge in [-0.25, -0.2) is 0 Å². The van der Waals surface area contributed by atoms with E-state index >= 15 is 0 Å². The number of phenolic OH excluding ortho intramolecular Hbond substituents is 1. The van der Waals surface area contributed by atoms with Crippen molar-refractivity contribution in [1.82, 2.24) is 0 Å². The first kappa shape index (κ1) is 9.07. The highest BCUT2D eigenvalue weighted by atomic mass is 35.5. The fraction of sp³-hybridized carbons (Fsp3) is 0.222. The van der Waals surface area contributed by atoms with Gasteiger partial charge in [0.1, 0.15) is 5.75 Å². The molecule has 0 atom stereocenters. The maximum atomic E-state index is 11.0. The van der Waals surface area contributed by atoms with Crippen molar-refractivity contribution in [3.05, 3.63) is 28.3 Å². The molecule has 0 amide bonds. The minimum Gasteiger partial charge on any atom is -0.508 e. The van der Waals surface area contributed by atoms with Crippen molar-refractivity contribution in [3.63, 3.8) is 0 Å². The van der Waals surface area contributed by atoms with Gasteiger partial charge in [0.2, 0.25) is 0 Å². The number of phenols is 1. The third-order valence-electron chi connectivity index (χ3n) is 1.62. The van der Waals surface area contributed by atoms with E-state index in [0.717, 1.165) is 0 Å². The molecule has 0 aliphatic rings. The molecule has 0 spiro atoms. The van der Waals surface area contributed by atoms with Gasteiger partial charge in [0.25, 0.3) is 0 Å². The molecule has 0 aromatic heterocycles. The van der Waals surface area contributed by atoms with Gasteiger partial charge < -0.3 is 5.11 Å². The van der Waals surface area contributed by atoms with Crippen LogP contribution in [0.4, 0.5) is 0 Å². The van der Waals surface area contributed by atoms with E-state index in [1.165, 1.54) is 19.1 Å². The van der Waals surface area contributed by atoms with Crippen molar-refractivity contribution in [2.45, 2.75) is 13.8 Å². The quantitative estimate of drug-likeness (QED) is 0.682. The van der Waals surface area contributed by atoms with E-state index in [9.17, 15) is 4.79 Å². The van der Waals surface area contributed by atoms with Gasteiger partial charge in [0, 0.05) is 5.56 Å². The van der Waals surface area contributed by atoms with Gasteiger partial charge >= 0.3 is 0 Å². The molecule has 0 saturated carbocycles. The number of Topliss-reactive ketones (excluding diaryl/α,β-unsaturated/α-hetero) is 1. The summed E-state index contributed by atoms with van der Waals surface area (Å²) in [5, 5.41) is 9.57. The van der Waals surface area contributed by atoms with Crippen LogP contribution >= 0.6 is 11.6 Å². The second-order valence-corrected chi connectivity index (χ2v) is 3.06. The van der Waals surface area contributed by atoms with E-state index < -0.39 is 0 Å². The molecule has 3 heteroatoms. The van der Waals surface area contributed by atoms with Crippen LogP contribution in [0.25, 0.3) is 0 Å². The minimum atomic E-state index is -0.140. The van der Waals surface area contributed by atoms with Crippen molar-refractivity contribution >= 4 is 17.4 Å². The van der Waals surface area contributed by atoms with Gasteiger partial charge in [0.15, 0.2) is 5.78 Å². The Labute approximate surface area is 75.8 Å². The molecular formula is C9H9ClO2. The Balaban J connectivity index is 3.37. The van der Waals surface area contributed by atoms with E-state index in [0.29, 0.717) is 16.1 Å². The summed E-state index contributed by atoms with van der Waals surface area (Å²) in [6, 6.07) is 2.90. The standard InChI is InChI=1S/C9H9ClO2/c1-5-3-7(12)4-8(6(2)11)9(5)10/h3-4,12H,1-2H3. The van der Waals surface area contributed by atoms with Crippen LogP contribution in [0.5, 0.6) is 5.75 Å². The van der Waals surface area contributed by atoms with Crippen LogP contribution < -0.4 is 0 Å². The zero-order valence-electron chi connectivity index (χ0n) is 6.89. The number of halogens is 1. The molecule has 1 rings (SSSR count). The van der Waals surface area contributed by atoms with Gasteiger partial charge in [-0.2, -0.15) is 0 Å². The third kappa shape index (κ3) is 1.59. The molecule has 0 bridgehead atoms. The zero-order valence-corrected chi connectivity index (χ0v) is 7.64. The Morgan fingerprint density at radius 3 is 2.58 bits per heavy atom. The normalized spacial score (nSPS) is 9.92. The van der Waals surface area contributed by atoms with Crippen LogP contribution in [0.1, 0.15) is 22.8 Å². The number of hydrogen-bond donors (Lipinski definition) is 1. The monoisotopic (exact) mass is 184 g/mol. The number of ketones is 1. The minimum absolute atomic E-state index is 0.0714. The van der Waals surface area contributed by atoms with Crippen molar-refractivity contribution in [3.8, 4) is 5.75 Å². The Morgan fingerprint density at radius 1 is 1.50 bits per heavy atom. The number of aromatic hydroxyl groups is 1. The van der Waals surface area contributed by atoms with E-state index in [-0.39, 0.29) is 11.5 Å². The van der Waals surface area contributed by atoms with E-state index in [1.807, 2.05) is 0 Å². The zero-order chi connectivity index (χ0) is 9.30. The average Bonchev–Trinajstić information content (AvgIpc) is 1.96. The fourth-order valence-corrected chi connectivity index (χ4v) is 1.25. The van der Waals surface area contributed by atoms with Gasteiger partial charge in [-0.15, -0.1) is 0 Å². The molecule has 2 nitrogen and oxygen atoms in total. The molecule has 1 aromatic rings. The summed E-state index contributed by atoms with van der Waals surface area (Å²) in [7, 11) is 0. The summed E-state index contributed by atoms with van der Waals surface area (Å²) in [5.74, 6) is -0.0684. The molecule has 1 N–H and O–H groups in total. The molecule has 64 valence electrons. The molecule has 1 aromatic carbocycles. The van der Waals surface area contributed by atoms with Crippen LogP contribution in [-0.2, 0) is 0 Å². The molecule has 0 radical (unpaired) electrons. The maximum absolute atomic E-state index is 11.0. The first-order chi connectivity index (χ1) is 5.52. The van der Waals surface area contributed by atoms with Crippen LogP contribution in [0.2, 0.25) is 5.02 Å². The molecular weight excluding hydrogens is 176 g/mol. The van der Waals surface area contributed by atoms with Crippen LogP contribution in [0, 0.1) is 6.92 Å². The maximum Gasteiger partial charge on any atom is 0.161 e. The highest BCUT2D eigenvalue weighted by Gasteiger charge is 2.09. The predicted octanol–water partition coefficient (Wildman–Crippen LogP) is 2.56. The van der Waals surface area contributed by atoms with Crippen molar-refractivity contribution < 1.29 is 9.90 Å². The molecule has 0 unspecified atom stereocenters. The SMILES string of the molecule is CC(=O)c1cc(O)cc(C)c1Cl. The Bertz CT molecular complexity index is 332. The number of aryl methyl sites for hydroxylation is 1. The van der Waals surface area contributed by atoms with E-state index in [1.54, 1.807) is 6.92 Å². The molecule has 0 saturated heterocycles. The van der Waals surface area contributed by atoms with Gasteiger partial charge in [-0.05, 0) is 31.5 Å². The summed E-state index contributed by atoms with van der Waals surface area (Å²) in [6.45, 7) is 3.16. The number of benzene rings is 1. The summed E-state index contributed by atoms with van der Waals surface area (Å²) < 4.78 is 0. The molecule has 0 heterocycles. The third-order valence-corrected chi connectivity index (χ3v) is 2.12. The van der Waals surface area contributed by atoms with Gasteiger partial charge in [-0.3, -0.25) is 4.79 Å². The van der Waals surface area contributed by atoms with Crippen LogP contribution in [0.3, 0.4) is 0 Å². The van der Waals surface area contributed by atoms with Gasteiger partial charge in [0.05, 0.1) is 5.02 Å². The van der Waals surface area contributed by atoms with E-state index in [2.05, 4.69) is 0 Å². The first-order valence-electron chi connectivity index (χ1n) is 3.52. The highest BCUT2D eigenvalue weighted by molar-refractivity contribution is 6.34. The lowest BCUT2D eigenvalue weighted by atomic mass is 10.1. The average molecular weight is 185 g/mol. The number of carbonyl (C=O) groups is 1. The van der Waals surface area contributed by atoms with Crippen LogP contribution in [-0.4, -0.2) is 10.9 Å². The Morgan fingerprint density at radius 2 is 2.08 bits per heavy atom. The summed E-state index contributed by atoms with van der Waals surface area (Å²) in [6.07, 6.45) is 0. The second kappa shape index (κ2) is 3.15. The molecule has 0 aliphatic carbocycles. The van der Waals surface area contributed by atoms with Crippen molar-refractivity contribution in [2.24, 2.45) is 0 Å². The highest BCUT2D eigenvalue weighted by Crippen LogP contribution is 2.25. The lowest BCUT2D eigenvalue weighted by molar-refractivity contribution is 0.101. The molecule has 0 aliphatic heterocycles. The first-order valence-corrected chi connectivity index (χ1v) is 3.90. The largest absolute Gasteiger partial charge is 0.508 e. The second-order valence-electron chi connectivity index (χ2n) is 2.68. The van der Waals surface area contributed by atoms with E-state index in [4.69, 9.17) is 16.7 Å². The number of hydrogen-bond acceptors (Lipinski definition) is 2. The number of rotatable bonds is 1. The summed E-state index contributed by atoms with van der Waals surface area (Å²) >= 11 is 5.83. The van der Waals surface area contributed by atoms with Crippen molar-refractivity contribution in [2.75, 3.05) is 0 Å². The lowest BCUT2D eigenvalue weighted by Gasteiger charge is -2.03. The Hall–Kier alpha value is -1.02. The summed E-state index contributed by atoms with van der Waals surface area (Å²) in [5.41, 5.74) is 1.08.